The largest absolute Gasteiger partial charge is 0.392 e. The molecule has 106 valence electrons. The van der Waals surface area contributed by atoms with Crippen LogP contribution in [0.5, 0.6) is 0 Å². The highest BCUT2D eigenvalue weighted by Crippen LogP contribution is 2.19. The molecule has 0 saturated heterocycles. The van der Waals surface area contributed by atoms with Crippen LogP contribution in [0, 0.1) is 0 Å². The quantitative estimate of drug-likeness (QED) is 0.757. The molecule has 0 spiro atoms. The Morgan fingerprint density at radius 2 is 1.84 bits per heavy atom. The maximum atomic E-state index is 12.3. The van der Waals surface area contributed by atoms with Gasteiger partial charge in [0.15, 0.2) is 0 Å². The van der Waals surface area contributed by atoms with Gasteiger partial charge in [0.1, 0.15) is 5.25 Å². The first-order chi connectivity index (χ1) is 8.92. The van der Waals surface area contributed by atoms with Crippen LogP contribution in [0.4, 0.5) is 0 Å². The molecule has 0 aromatic heterocycles. The van der Waals surface area contributed by atoms with Crippen molar-refractivity contribution in [1.82, 2.24) is 4.72 Å². The molecule has 1 rings (SSSR count). The van der Waals surface area contributed by atoms with E-state index in [9.17, 15) is 8.42 Å². The van der Waals surface area contributed by atoms with Gasteiger partial charge >= 0.3 is 0 Å². The lowest BCUT2D eigenvalue weighted by atomic mass is 10.1. The second kappa shape index (κ2) is 6.98. The van der Waals surface area contributed by atoms with E-state index in [1.807, 2.05) is 37.3 Å². The molecule has 3 N–H and O–H groups in total. The summed E-state index contributed by atoms with van der Waals surface area (Å²) in [5.41, 5.74) is 6.44. The van der Waals surface area contributed by atoms with Crippen LogP contribution in [-0.4, -0.2) is 18.7 Å². The number of nitrogens with one attached hydrogen (secondary N) is 1. The first kappa shape index (κ1) is 16.1. The van der Waals surface area contributed by atoms with Crippen molar-refractivity contribution in [1.29, 1.82) is 0 Å². The fraction of sp³-hybridized carbons (Fsp3) is 0.462. The SMILES string of the molecule is CCC(NS(=O)(=O)C(CC)C(N)=S)c1ccccc1. The molecule has 0 bridgehead atoms. The van der Waals surface area contributed by atoms with Crippen molar-refractivity contribution in [2.45, 2.75) is 38.0 Å². The van der Waals surface area contributed by atoms with Gasteiger partial charge in [0.2, 0.25) is 10.0 Å². The fourth-order valence-corrected chi connectivity index (χ4v) is 4.08. The summed E-state index contributed by atoms with van der Waals surface area (Å²) in [7, 11) is -3.55. The summed E-state index contributed by atoms with van der Waals surface area (Å²) < 4.78 is 27.2. The van der Waals surface area contributed by atoms with E-state index in [-0.39, 0.29) is 11.0 Å². The van der Waals surface area contributed by atoms with Crippen LogP contribution in [-0.2, 0) is 10.0 Å². The minimum absolute atomic E-state index is 0.0120. The number of sulfonamides is 1. The molecule has 0 heterocycles. The molecular formula is C13H20N2O2S2. The first-order valence-corrected chi connectivity index (χ1v) is 8.23. The van der Waals surface area contributed by atoms with Crippen molar-refractivity contribution >= 4 is 27.2 Å². The molecule has 4 nitrogen and oxygen atoms in total. The van der Waals surface area contributed by atoms with Crippen molar-refractivity contribution < 1.29 is 8.42 Å². The van der Waals surface area contributed by atoms with Crippen molar-refractivity contribution in [3.05, 3.63) is 35.9 Å². The van der Waals surface area contributed by atoms with Crippen molar-refractivity contribution in [2.75, 3.05) is 0 Å². The summed E-state index contributed by atoms with van der Waals surface area (Å²) in [5, 5.41) is -0.819. The highest BCUT2D eigenvalue weighted by molar-refractivity contribution is 7.93. The van der Waals surface area contributed by atoms with E-state index in [4.69, 9.17) is 18.0 Å². The van der Waals surface area contributed by atoms with Gasteiger partial charge in [-0.25, -0.2) is 13.1 Å². The van der Waals surface area contributed by atoms with Gasteiger partial charge in [-0.1, -0.05) is 56.4 Å². The zero-order valence-corrected chi connectivity index (χ0v) is 12.8. The molecule has 2 atom stereocenters. The Bertz CT molecular complexity index is 515. The molecule has 2 unspecified atom stereocenters. The van der Waals surface area contributed by atoms with Gasteiger partial charge in [-0.05, 0) is 18.4 Å². The van der Waals surface area contributed by atoms with Crippen LogP contribution in [0.15, 0.2) is 30.3 Å². The van der Waals surface area contributed by atoms with Gasteiger partial charge < -0.3 is 5.73 Å². The number of hydrogen-bond acceptors (Lipinski definition) is 3. The van der Waals surface area contributed by atoms with Crippen LogP contribution in [0.1, 0.15) is 38.3 Å². The van der Waals surface area contributed by atoms with E-state index in [0.29, 0.717) is 12.8 Å². The predicted molar refractivity (Wildman–Crippen MR) is 82.4 cm³/mol. The Morgan fingerprint density at radius 3 is 2.26 bits per heavy atom. The van der Waals surface area contributed by atoms with Crippen molar-refractivity contribution in [3.8, 4) is 0 Å². The summed E-state index contributed by atoms with van der Waals surface area (Å²) in [6, 6.07) is 9.22. The topological polar surface area (TPSA) is 72.2 Å². The number of nitrogens with two attached hydrogens (primary N) is 1. The summed E-state index contributed by atoms with van der Waals surface area (Å²) in [5.74, 6) is 0. The highest BCUT2D eigenvalue weighted by Gasteiger charge is 2.28. The monoisotopic (exact) mass is 300 g/mol. The van der Waals surface area contributed by atoms with E-state index < -0.39 is 15.3 Å². The van der Waals surface area contributed by atoms with Gasteiger partial charge in [0.25, 0.3) is 0 Å². The van der Waals surface area contributed by atoms with Gasteiger partial charge in [0.05, 0.1) is 4.99 Å². The standard InChI is InChI=1S/C13H20N2O2S2/c1-3-11(10-8-6-5-7-9-10)15-19(16,17)12(4-2)13(14)18/h5-9,11-12,15H,3-4H2,1-2H3,(H2,14,18). The maximum Gasteiger partial charge on any atom is 0.221 e. The van der Waals surface area contributed by atoms with E-state index in [1.165, 1.54) is 0 Å². The number of hydrogen-bond donors (Lipinski definition) is 2. The third-order valence-corrected chi connectivity index (χ3v) is 5.36. The van der Waals surface area contributed by atoms with Crippen LogP contribution in [0.2, 0.25) is 0 Å². The summed E-state index contributed by atoms with van der Waals surface area (Å²) in [6.07, 6.45) is 1.03. The number of thiocarbonyl (C=S) groups is 1. The minimum Gasteiger partial charge on any atom is -0.392 e. The molecule has 0 aliphatic rings. The van der Waals surface area contributed by atoms with Crippen molar-refractivity contribution in [2.24, 2.45) is 5.73 Å². The lowest BCUT2D eigenvalue weighted by Gasteiger charge is -2.21. The average molecular weight is 300 g/mol. The number of benzene rings is 1. The highest BCUT2D eigenvalue weighted by atomic mass is 32.2. The lowest BCUT2D eigenvalue weighted by Crippen LogP contribution is -2.42. The molecule has 1 aromatic rings. The summed E-state index contributed by atoms with van der Waals surface area (Å²) >= 11 is 4.83. The third-order valence-electron chi connectivity index (χ3n) is 2.98. The number of rotatable bonds is 7. The third kappa shape index (κ3) is 4.26. The van der Waals surface area contributed by atoms with Gasteiger partial charge in [-0.3, -0.25) is 0 Å². The molecule has 0 radical (unpaired) electrons. The van der Waals surface area contributed by atoms with E-state index >= 15 is 0 Å². The summed E-state index contributed by atoms with van der Waals surface area (Å²) in [6.45, 7) is 3.69. The van der Waals surface area contributed by atoms with E-state index in [0.717, 1.165) is 5.56 Å². The Kier molecular flexibility index (Phi) is 5.90. The molecule has 0 aliphatic heterocycles. The molecule has 6 heteroatoms. The van der Waals surface area contributed by atoms with Crippen LogP contribution in [0.25, 0.3) is 0 Å². The van der Waals surface area contributed by atoms with Crippen LogP contribution >= 0.6 is 12.2 Å². The minimum atomic E-state index is -3.55. The smallest absolute Gasteiger partial charge is 0.221 e. The predicted octanol–water partition coefficient (Wildman–Crippen LogP) is 2.12. The Labute approximate surface area is 120 Å². The molecule has 1 aromatic carbocycles. The molecule has 19 heavy (non-hydrogen) atoms. The Hall–Kier alpha value is -0.980. The van der Waals surface area contributed by atoms with Gasteiger partial charge in [0, 0.05) is 6.04 Å². The van der Waals surface area contributed by atoms with Gasteiger partial charge in [-0.15, -0.1) is 0 Å². The Morgan fingerprint density at radius 1 is 1.26 bits per heavy atom. The second-order valence-electron chi connectivity index (χ2n) is 4.33. The first-order valence-electron chi connectivity index (χ1n) is 6.27. The molecule has 0 saturated carbocycles. The molecule has 0 fully saturated rings. The second-order valence-corrected chi connectivity index (χ2v) is 6.70. The van der Waals surface area contributed by atoms with E-state index in [1.54, 1.807) is 6.92 Å². The van der Waals surface area contributed by atoms with Crippen molar-refractivity contribution in [3.63, 3.8) is 0 Å². The van der Waals surface area contributed by atoms with Crippen LogP contribution in [0.3, 0.4) is 0 Å². The summed E-state index contributed by atoms with van der Waals surface area (Å²) in [4.78, 5) is 0.0120. The molecule has 0 amide bonds. The fourth-order valence-electron chi connectivity index (χ4n) is 1.93. The van der Waals surface area contributed by atoms with Gasteiger partial charge in [-0.2, -0.15) is 0 Å². The zero-order chi connectivity index (χ0) is 14.5. The zero-order valence-electron chi connectivity index (χ0n) is 11.2. The van der Waals surface area contributed by atoms with E-state index in [2.05, 4.69) is 4.72 Å². The lowest BCUT2D eigenvalue weighted by molar-refractivity contribution is 0.544. The average Bonchev–Trinajstić information content (AvgIpc) is 2.37. The molecular weight excluding hydrogens is 280 g/mol. The maximum absolute atomic E-state index is 12.3. The molecule has 0 aliphatic carbocycles. The normalized spacial score (nSPS) is 14.8. The van der Waals surface area contributed by atoms with Crippen LogP contribution < -0.4 is 10.5 Å². The Balaban J connectivity index is 2.95.